The second-order valence-electron chi connectivity index (χ2n) is 4.17. The van der Waals surface area contributed by atoms with E-state index in [1.54, 1.807) is 30.3 Å². The minimum atomic E-state index is -0.584. The maximum Gasteiger partial charge on any atom is 0.433 e. The van der Waals surface area contributed by atoms with Crippen LogP contribution in [0.3, 0.4) is 0 Å². The monoisotopic (exact) mass is 337 g/mol. The molecule has 0 aliphatic rings. The van der Waals surface area contributed by atoms with E-state index in [4.69, 9.17) is 20.4 Å². The van der Waals surface area contributed by atoms with Crippen molar-refractivity contribution in [3.8, 4) is 11.5 Å². The molecule has 0 spiro atoms. The highest BCUT2D eigenvalue weighted by molar-refractivity contribution is 7.98. The van der Waals surface area contributed by atoms with Crippen molar-refractivity contribution < 1.29 is 13.8 Å². The van der Waals surface area contributed by atoms with Crippen LogP contribution in [0.1, 0.15) is 5.76 Å². The van der Waals surface area contributed by atoms with Crippen LogP contribution in [0.5, 0.6) is 0 Å². The Morgan fingerprint density at radius 2 is 1.91 bits per heavy atom. The Bertz CT molecular complexity index is 800. The van der Waals surface area contributed by atoms with Gasteiger partial charge in [0.15, 0.2) is 0 Å². The zero-order valence-corrected chi connectivity index (χ0v) is 12.5. The number of nitrogens with zero attached hydrogens (tertiary/aromatic N) is 3. The molecule has 3 rings (SSSR count). The Kier molecular flexibility index (Phi) is 4.12. The molecule has 2 aromatic heterocycles. The third-order valence-electron chi connectivity index (χ3n) is 2.66. The second-order valence-corrected chi connectivity index (χ2v) is 5.53. The number of furan rings is 1. The molecular weight excluding hydrogens is 330 g/mol. The van der Waals surface area contributed by atoms with Crippen molar-refractivity contribution >= 4 is 29.2 Å². The molecule has 0 N–H and O–H groups in total. The van der Waals surface area contributed by atoms with E-state index in [0.29, 0.717) is 27.6 Å². The lowest BCUT2D eigenvalue weighted by atomic mass is 10.2. The lowest BCUT2D eigenvalue weighted by Crippen LogP contribution is -1.83. The predicted octanol–water partition coefficient (Wildman–Crippen LogP) is 4.18. The van der Waals surface area contributed by atoms with Crippen molar-refractivity contribution in [1.82, 2.24) is 10.2 Å². The van der Waals surface area contributed by atoms with Crippen molar-refractivity contribution in [3.05, 3.63) is 57.3 Å². The van der Waals surface area contributed by atoms with Gasteiger partial charge in [-0.1, -0.05) is 23.4 Å². The van der Waals surface area contributed by atoms with E-state index >= 15 is 0 Å². The van der Waals surface area contributed by atoms with E-state index in [1.807, 2.05) is 0 Å². The molecule has 0 aliphatic heterocycles. The van der Waals surface area contributed by atoms with Crippen LogP contribution in [0, 0.1) is 10.1 Å². The van der Waals surface area contributed by atoms with Gasteiger partial charge in [-0.05, 0) is 30.3 Å². The summed E-state index contributed by atoms with van der Waals surface area (Å²) in [5.41, 5.74) is 0.761. The Balaban J connectivity index is 1.66. The normalized spacial score (nSPS) is 10.8. The molecule has 2 heterocycles. The first-order chi connectivity index (χ1) is 10.6. The van der Waals surface area contributed by atoms with Gasteiger partial charge in [0.1, 0.15) is 10.7 Å². The predicted molar refractivity (Wildman–Crippen MR) is 79.7 cm³/mol. The fourth-order valence-corrected chi connectivity index (χ4v) is 2.44. The molecule has 0 atom stereocenters. The summed E-state index contributed by atoms with van der Waals surface area (Å²) in [7, 11) is 0. The number of nitro groups is 1. The summed E-state index contributed by atoms with van der Waals surface area (Å²) in [6.07, 6.45) is 0. The van der Waals surface area contributed by atoms with Gasteiger partial charge in [0.25, 0.3) is 5.22 Å². The lowest BCUT2D eigenvalue weighted by Gasteiger charge is -1.94. The van der Waals surface area contributed by atoms with E-state index in [1.165, 1.54) is 17.8 Å². The molecule has 0 saturated heterocycles. The second kappa shape index (κ2) is 6.20. The number of hydrogen-bond donors (Lipinski definition) is 0. The van der Waals surface area contributed by atoms with Crippen LogP contribution < -0.4 is 0 Å². The van der Waals surface area contributed by atoms with E-state index in [0.717, 1.165) is 5.56 Å². The third-order valence-corrected chi connectivity index (χ3v) is 3.76. The summed E-state index contributed by atoms with van der Waals surface area (Å²) in [5, 5.41) is 19.4. The van der Waals surface area contributed by atoms with E-state index < -0.39 is 4.92 Å². The molecule has 0 radical (unpaired) electrons. The largest absolute Gasteiger partial charge is 0.433 e. The van der Waals surface area contributed by atoms with E-state index in [9.17, 15) is 10.1 Å². The third kappa shape index (κ3) is 3.29. The highest BCUT2D eigenvalue weighted by Crippen LogP contribution is 2.27. The van der Waals surface area contributed by atoms with Crippen molar-refractivity contribution in [2.45, 2.75) is 11.0 Å². The summed E-state index contributed by atoms with van der Waals surface area (Å²) in [6, 6.07) is 9.87. The van der Waals surface area contributed by atoms with Gasteiger partial charge in [-0.15, -0.1) is 10.2 Å². The fourth-order valence-electron chi connectivity index (χ4n) is 1.65. The zero-order valence-electron chi connectivity index (χ0n) is 10.9. The summed E-state index contributed by atoms with van der Waals surface area (Å²) in [5.74, 6) is 0.909. The van der Waals surface area contributed by atoms with Crippen LogP contribution >= 0.6 is 23.4 Å². The first-order valence-electron chi connectivity index (χ1n) is 6.07. The molecule has 0 amide bonds. The number of rotatable bonds is 5. The molecule has 1 aromatic carbocycles. The van der Waals surface area contributed by atoms with Gasteiger partial charge >= 0.3 is 5.88 Å². The standard InChI is InChI=1S/C13H8ClN3O4S/c14-9-3-1-8(2-4-9)12-15-16-13(21-12)22-7-10-5-6-11(20-10)17(18)19/h1-6H,7H2. The van der Waals surface area contributed by atoms with Crippen LogP contribution in [0.25, 0.3) is 11.5 Å². The minimum Gasteiger partial charge on any atom is -0.411 e. The number of thioether (sulfide) groups is 1. The SMILES string of the molecule is O=[N+]([O-])c1ccc(CSc2nnc(-c3ccc(Cl)cc3)o2)o1. The lowest BCUT2D eigenvalue weighted by molar-refractivity contribution is -0.402. The maximum absolute atomic E-state index is 10.5. The van der Waals surface area contributed by atoms with Gasteiger partial charge in [0.05, 0.1) is 11.8 Å². The Hall–Kier alpha value is -2.32. The molecule has 0 saturated carbocycles. The summed E-state index contributed by atoms with van der Waals surface area (Å²) in [6.45, 7) is 0. The topological polar surface area (TPSA) is 95.2 Å². The molecule has 0 aliphatic carbocycles. The molecule has 0 unspecified atom stereocenters. The van der Waals surface area contributed by atoms with Crippen molar-refractivity contribution in [2.75, 3.05) is 0 Å². The molecule has 0 fully saturated rings. The van der Waals surface area contributed by atoms with E-state index in [2.05, 4.69) is 10.2 Å². The van der Waals surface area contributed by atoms with Gasteiger partial charge < -0.3 is 8.83 Å². The summed E-state index contributed by atoms with van der Waals surface area (Å²) in [4.78, 5) is 9.94. The average molecular weight is 338 g/mol. The maximum atomic E-state index is 10.5. The number of hydrogen-bond acceptors (Lipinski definition) is 7. The van der Waals surface area contributed by atoms with Crippen LogP contribution in [0.4, 0.5) is 5.88 Å². The number of benzene rings is 1. The van der Waals surface area contributed by atoms with Gasteiger partial charge in [0.2, 0.25) is 5.89 Å². The van der Waals surface area contributed by atoms with Crippen LogP contribution in [-0.2, 0) is 5.75 Å². The summed E-state index contributed by atoms with van der Waals surface area (Å²) < 4.78 is 10.6. The van der Waals surface area contributed by atoms with Gasteiger partial charge in [-0.3, -0.25) is 10.1 Å². The van der Waals surface area contributed by atoms with Crippen LogP contribution in [-0.4, -0.2) is 15.1 Å². The van der Waals surface area contributed by atoms with Gasteiger partial charge in [0, 0.05) is 10.6 Å². The number of aromatic nitrogens is 2. The number of halogens is 1. The van der Waals surface area contributed by atoms with Crippen molar-refractivity contribution in [2.24, 2.45) is 0 Å². The Morgan fingerprint density at radius 3 is 2.59 bits per heavy atom. The Labute approximate surface area is 133 Å². The van der Waals surface area contributed by atoms with Gasteiger partial charge in [-0.2, -0.15) is 0 Å². The van der Waals surface area contributed by atoms with E-state index in [-0.39, 0.29) is 5.88 Å². The molecule has 22 heavy (non-hydrogen) atoms. The molecule has 9 heteroatoms. The van der Waals surface area contributed by atoms with Crippen molar-refractivity contribution in [3.63, 3.8) is 0 Å². The first-order valence-corrected chi connectivity index (χ1v) is 7.43. The van der Waals surface area contributed by atoms with Crippen LogP contribution in [0.2, 0.25) is 5.02 Å². The molecular formula is C13H8ClN3O4S. The van der Waals surface area contributed by atoms with Gasteiger partial charge in [-0.25, -0.2) is 0 Å². The molecule has 112 valence electrons. The smallest absolute Gasteiger partial charge is 0.411 e. The Morgan fingerprint density at radius 1 is 1.14 bits per heavy atom. The quantitative estimate of drug-likeness (QED) is 0.391. The zero-order chi connectivity index (χ0) is 15.5. The van der Waals surface area contributed by atoms with Crippen molar-refractivity contribution in [1.29, 1.82) is 0 Å². The highest BCUT2D eigenvalue weighted by Gasteiger charge is 2.14. The molecule has 7 nitrogen and oxygen atoms in total. The highest BCUT2D eigenvalue weighted by atomic mass is 35.5. The molecule has 3 aromatic rings. The first kappa shape index (κ1) is 14.6. The molecule has 0 bridgehead atoms. The van der Waals surface area contributed by atoms with Crippen LogP contribution in [0.15, 0.2) is 50.5 Å². The fraction of sp³-hybridized carbons (Fsp3) is 0.0769. The minimum absolute atomic E-state index is 0.289. The summed E-state index contributed by atoms with van der Waals surface area (Å²) >= 11 is 7.05. The average Bonchev–Trinajstić information content (AvgIpc) is 3.15.